The molecule has 0 radical (unpaired) electrons. The zero-order chi connectivity index (χ0) is 20.6. The van der Waals surface area contributed by atoms with Gasteiger partial charge in [-0.15, -0.1) is 24.0 Å². The number of likely N-dealkylation sites (tertiary alicyclic amines) is 2. The summed E-state index contributed by atoms with van der Waals surface area (Å²) < 4.78 is 5.35. The molecule has 0 aromatic carbocycles. The normalized spacial score (nSPS) is 23.5. The minimum atomic E-state index is -0.466. The fraction of sp³-hybridized carbons (Fsp3) is 0.905. The number of rotatable bonds is 6. The maximum Gasteiger partial charge on any atom is 0.407 e. The van der Waals surface area contributed by atoms with E-state index < -0.39 is 5.60 Å². The van der Waals surface area contributed by atoms with Crippen molar-refractivity contribution in [1.29, 1.82) is 0 Å². The van der Waals surface area contributed by atoms with Crippen LogP contribution in [-0.4, -0.2) is 79.3 Å². The third-order valence-electron chi connectivity index (χ3n) is 5.52. The summed E-state index contributed by atoms with van der Waals surface area (Å²) in [4.78, 5) is 21.2. The first-order chi connectivity index (χ1) is 13.3. The number of carbonyl (C=O) groups is 1. The Morgan fingerprint density at radius 2 is 1.93 bits per heavy atom. The number of nitrogens with zero attached hydrogens (tertiary/aromatic N) is 3. The lowest BCUT2D eigenvalue weighted by Crippen LogP contribution is -2.44. The van der Waals surface area contributed by atoms with Crippen LogP contribution in [0.1, 0.15) is 66.2 Å². The molecule has 0 spiro atoms. The Hall–Kier alpha value is -0.770. The number of aliphatic imine (C=N–C) groups is 1. The van der Waals surface area contributed by atoms with Crippen LogP contribution in [0.15, 0.2) is 4.99 Å². The molecule has 2 aliphatic rings. The molecule has 2 heterocycles. The highest BCUT2D eigenvalue weighted by Crippen LogP contribution is 2.16. The van der Waals surface area contributed by atoms with E-state index in [-0.39, 0.29) is 36.1 Å². The number of hydrogen-bond donors (Lipinski definition) is 2. The van der Waals surface area contributed by atoms with Crippen LogP contribution in [0.3, 0.4) is 0 Å². The molecule has 2 N–H and O–H groups in total. The van der Waals surface area contributed by atoms with Crippen LogP contribution in [0.2, 0.25) is 0 Å². The van der Waals surface area contributed by atoms with Crippen molar-refractivity contribution in [2.24, 2.45) is 4.99 Å². The summed E-state index contributed by atoms with van der Waals surface area (Å²) in [5, 5.41) is 6.46. The molecule has 0 bridgehead atoms. The number of hydrogen-bond acceptors (Lipinski definition) is 4. The third kappa shape index (κ3) is 9.72. The lowest BCUT2D eigenvalue weighted by atomic mass is 10.0. The first-order valence-electron chi connectivity index (χ1n) is 11.0. The third-order valence-corrected chi connectivity index (χ3v) is 5.52. The predicted octanol–water partition coefficient (Wildman–Crippen LogP) is 3.43. The number of halogens is 1. The summed E-state index contributed by atoms with van der Waals surface area (Å²) in [7, 11) is 1.83. The average molecular weight is 524 g/mol. The van der Waals surface area contributed by atoms with E-state index in [2.05, 4.69) is 32.3 Å². The predicted molar refractivity (Wildman–Crippen MR) is 130 cm³/mol. The molecule has 2 rings (SSSR count). The topological polar surface area (TPSA) is 69.2 Å². The van der Waals surface area contributed by atoms with E-state index >= 15 is 0 Å². The second-order valence-corrected chi connectivity index (χ2v) is 9.14. The van der Waals surface area contributed by atoms with Crippen LogP contribution in [-0.2, 0) is 4.74 Å². The van der Waals surface area contributed by atoms with Crippen molar-refractivity contribution in [3.05, 3.63) is 0 Å². The maximum absolute atomic E-state index is 12.0. The molecule has 0 saturated carbocycles. The van der Waals surface area contributed by atoms with E-state index in [0.717, 1.165) is 44.5 Å². The SMILES string of the molecule is CN=C(NCCCCN1CCCCC1C)N1CCC(NC(=O)OC(C)(C)C)C1.I. The Kier molecular flexibility index (Phi) is 11.6. The molecule has 8 heteroatoms. The Morgan fingerprint density at radius 1 is 1.17 bits per heavy atom. The van der Waals surface area contributed by atoms with Crippen molar-refractivity contribution >= 4 is 36.0 Å². The molecular formula is C21H42IN5O2. The van der Waals surface area contributed by atoms with E-state index in [9.17, 15) is 4.79 Å². The number of guanidine groups is 1. The number of ether oxygens (including phenoxy) is 1. The van der Waals surface area contributed by atoms with Gasteiger partial charge in [0.15, 0.2) is 5.96 Å². The van der Waals surface area contributed by atoms with Gasteiger partial charge in [-0.3, -0.25) is 4.99 Å². The summed E-state index contributed by atoms with van der Waals surface area (Å²) in [5.41, 5.74) is -0.466. The van der Waals surface area contributed by atoms with E-state index in [1.54, 1.807) is 0 Å². The number of carbonyl (C=O) groups excluding carboxylic acids is 1. The zero-order valence-corrected chi connectivity index (χ0v) is 21.3. The van der Waals surface area contributed by atoms with Crippen LogP contribution in [0.25, 0.3) is 0 Å². The number of alkyl carbamates (subject to hydrolysis) is 1. The molecule has 0 aromatic rings. The lowest BCUT2D eigenvalue weighted by molar-refractivity contribution is 0.0507. The Labute approximate surface area is 194 Å². The Bertz CT molecular complexity index is 524. The fourth-order valence-corrected chi connectivity index (χ4v) is 4.01. The van der Waals surface area contributed by atoms with Gasteiger partial charge >= 0.3 is 6.09 Å². The molecule has 29 heavy (non-hydrogen) atoms. The number of nitrogens with one attached hydrogen (secondary N) is 2. The summed E-state index contributed by atoms with van der Waals surface area (Å²) >= 11 is 0. The molecule has 2 unspecified atom stereocenters. The quantitative estimate of drug-likeness (QED) is 0.242. The van der Waals surface area contributed by atoms with Crippen molar-refractivity contribution in [1.82, 2.24) is 20.4 Å². The van der Waals surface area contributed by atoms with Gasteiger partial charge < -0.3 is 25.2 Å². The largest absolute Gasteiger partial charge is 0.444 e. The van der Waals surface area contributed by atoms with Crippen molar-refractivity contribution in [3.8, 4) is 0 Å². The van der Waals surface area contributed by atoms with Gasteiger partial charge in [0.2, 0.25) is 0 Å². The Morgan fingerprint density at radius 3 is 2.59 bits per heavy atom. The molecule has 2 saturated heterocycles. The van der Waals surface area contributed by atoms with Gasteiger partial charge in [0.05, 0.1) is 6.04 Å². The highest BCUT2D eigenvalue weighted by Gasteiger charge is 2.27. The highest BCUT2D eigenvalue weighted by molar-refractivity contribution is 14.0. The van der Waals surface area contributed by atoms with Crippen molar-refractivity contribution in [2.75, 3.05) is 39.8 Å². The first-order valence-corrected chi connectivity index (χ1v) is 11.0. The van der Waals surface area contributed by atoms with E-state index in [0.29, 0.717) is 0 Å². The van der Waals surface area contributed by atoms with Gasteiger partial charge in [-0.25, -0.2) is 4.79 Å². The zero-order valence-electron chi connectivity index (χ0n) is 19.0. The standard InChI is InChI=1S/C21H41N5O2.HI/c1-17-10-6-8-13-25(17)14-9-7-12-23-19(22-5)26-15-11-18(16-26)24-20(27)28-21(2,3)4;/h17-18H,6-16H2,1-5H3,(H,22,23)(H,24,27);1H. The molecule has 7 nitrogen and oxygen atoms in total. The molecule has 2 fully saturated rings. The van der Waals surface area contributed by atoms with E-state index in [1.807, 2.05) is 27.8 Å². The van der Waals surface area contributed by atoms with Gasteiger partial charge in [0, 0.05) is 32.7 Å². The Balaban J connectivity index is 0.00000420. The van der Waals surface area contributed by atoms with E-state index in [4.69, 9.17) is 4.74 Å². The maximum atomic E-state index is 12.0. The molecule has 2 atom stereocenters. The van der Waals surface area contributed by atoms with Crippen LogP contribution in [0.5, 0.6) is 0 Å². The van der Waals surface area contributed by atoms with Crippen LogP contribution < -0.4 is 10.6 Å². The lowest BCUT2D eigenvalue weighted by Gasteiger charge is -2.33. The average Bonchev–Trinajstić information content (AvgIpc) is 3.06. The summed E-state index contributed by atoms with van der Waals surface area (Å²) in [6.07, 6.45) is 7.02. The molecule has 170 valence electrons. The second kappa shape index (κ2) is 12.8. The smallest absolute Gasteiger partial charge is 0.407 e. The van der Waals surface area contributed by atoms with Gasteiger partial charge in [-0.1, -0.05) is 6.42 Å². The monoisotopic (exact) mass is 523 g/mol. The molecule has 1 amide bonds. The van der Waals surface area contributed by atoms with Gasteiger partial charge in [0.1, 0.15) is 5.60 Å². The van der Waals surface area contributed by atoms with Gasteiger partial charge in [-0.05, 0) is 72.9 Å². The van der Waals surface area contributed by atoms with Crippen LogP contribution in [0.4, 0.5) is 4.79 Å². The number of unbranched alkanes of at least 4 members (excludes halogenated alkanes) is 1. The number of piperidine rings is 1. The minimum absolute atomic E-state index is 0. The van der Waals surface area contributed by atoms with Crippen molar-refractivity contribution < 1.29 is 9.53 Å². The highest BCUT2D eigenvalue weighted by atomic mass is 127. The summed E-state index contributed by atoms with van der Waals surface area (Å²) in [6, 6.07) is 0.850. The van der Waals surface area contributed by atoms with Gasteiger partial charge in [-0.2, -0.15) is 0 Å². The van der Waals surface area contributed by atoms with Crippen molar-refractivity contribution in [2.45, 2.75) is 83.9 Å². The minimum Gasteiger partial charge on any atom is -0.444 e. The first kappa shape index (κ1) is 26.3. The van der Waals surface area contributed by atoms with Crippen molar-refractivity contribution in [3.63, 3.8) is 0 Å². The molecule has 0 aromatic heterocycles. The van der Waals surface area contributed by atoms with Gasteiger partial charge in [0.25, 0.3) is 0 Å². The van der Waals surface area contributed by atoms with E-state index in [1.165, 1.54) is 38.8 Å². The van der Waals surface area contributed by atoms with Crippen LogP contribution in [0, 0.1) is 0 Å². The van der Waals surface area contributed by atoms with Crippen LogP contribution >= 0.6 is 24.0 Å². The molecule has 0 aliphatic carbocycles. The summed E-state index contributed by atoms with van der Waals surface area (Å²) in [5.74, 6) is 0.930. The summed E-state index contributed by atoms with van der Waals surface area (Å²) in [6.45, 7) is 13.1. The number of amides is 1. The molecule has 2 aliphatic heterocycles. The fourth-order valence-electron chi connectivity index (χ4n) is 4.01. The molecular weight excluding hydrogens is 481 g/mol. The second-order valence-electron chi connectivity index (χ2n) is 9.14.